The Balaban J connectivity index is 2.58. The minimum atomic E-state index is -0.539. The van der Waals surface area contributed by atoms with Crippen molar-refractivity contribution in [3.8, 4) is 0 Å². The topological polar surface area (TPSA) is 77.3 Å². The monoisotopic (exact) mass is 471 g/mol. The molecule has 28 heavy (non-hydrogen) atoms. The third-order valence-electron chi connectivity index (χ3n) is 4.46. The van der Waals surface area contributed by atoms with Gasteiger partial charge in [0, 0.05) is 34.5 Å². The van der Waals surface area contributed by atoms with Gasteiger partial charge in [-0.15, -0.1) is 0 Å². The molecule has 1 aromatic rings. The summed E-state index contributed by atoms with van der Waals surface area (Å²) in [6.07, 6.45) is 10.5. The molecule has 0 aliphatic heterocycles. The Bertz CT molecular complexity index is 718. The molecule has 5 nitrogen and oxygen atoms in total. The van der Waals surface area contributed by atoms with Gasteiger partial charge in [-0.3, -0.25) is 19.7 Å². The molecule has 0 aliphatic carbocycles. The van der Waals surface area contributed by atoms with Gasteiger partial charge in [-0.25, -0.2) is 0 Å². The number of nitro benzene ring substituents is 1. The van der Waals surface area contributed by atoms with Crippen molar-refractivity contribution in [2.45, 2.75) is 64.7 Å². The molecule has 0 saturated carbocycles. The van der Waals surface area contributed by atoms with E-state index < -0.39 is 4.92 Å². The molecular weight excluding hydrogens is 446 g/mol. The van der Waals surface area contributed by atoms with Gasteiger partial charge in [0.15, 0.2) is 11.6 Å². The van der Waals surface area contributed by atoms with Gasteiger partial charge in [0.05, 0.1) is 10.5 Å². The van der Waals surface area contributed by atoms with Gasteiger partial charge in [-0.1, -0.05) is 66.1 Å². The van der Waals surface area contributed by atoms with Crippen LogP contribution in [0.3, 0.4) is 0 Å². The van der Waals surface area contributed by atoms with E-state index in [0.717, 1.165) is 31.0 Å². The van der Waals surface area contributed by atoms with E-state index in [1.807, 2.05) is 0 Å². The normalized spacial score (nSPS) is 11.5. The number of hydrogen-bond acceptors (Lipinski definition) is 4. The maximum atomic E-state index is 12.5. The molecule has 0 saturated heterocycles. The fraction of sp³-hybridized carbons (Fsp3) is 0.524. The predicted molar refractivity (Wildman–Crippen MR) is 117 cm³/mol. The van der Waals surface area contributed by atoms with Crippen molar-refractivity contribution < 1.29 is 14.5 Å². The Morgan fingerprint density at radius 1 is 1.07 bits per heavy atom. The first-order valence-electron chi connectivity index (χ1n) is 9.62. The van der Waals surface area contributed by atoms with Gasteiger partial charge in [0.25, 0.3) is 5.69 Å². The van der Waals surface area contributed by atoms with Crippen molar-refractivity contribution in [1.82, 2.24) is 0 Å². The zero-order chi connectivity index (χ0) is 20.9. The van der Waals surface area contributed by atoms with E-state index in [1.54, 1.807) is 0 Å². The smallest absolute Gasteiger partial charge is 0.270 e. The summed E-state index contributed by atoms with van der Waals surface area (Å²) >= 11 is 9.49. The first-order valence-corrected chi connectivity index (χ1v) is 11.1. The summed E-state index contributed by atoms with van der Waals surface area (Å²) in [6, 6.07) is 3.95. The quantitative estimate of drug-likeness (QED) is 0.0574. The highest BCUT2D eigenvalue weighted by molar-refractivity contribution is 9.09. The minimum Gasteiger partial charge on any atom is -0.294 e. The van der Waals surface area contributed by atoms with Crippen LogP contribution in [0.1, 0.15) is 70.3 Å². The van der Waals surface area contributed by atoms with Crippen LogP contribution < -0.4 is 0 Å². The lowest BCUT2D eigenvalue weighted by molar-refractivity contribution is -0.384. The Kier molecular flexibility index (Phi) is 11.9. The Morgan fingerprint density at radius 3 is 2.18 bits per heavy atom. The second-order valence-corrected chi connectivity index (χ2v) is 7.97. The molecule has 0 aromatic heterocycles. The van der Waals surface area contributed by atoms with Crippen molar-refractivity contribution in [1.29, 1.82) is 0 Å². The SMILES string of the molecule is CC(=O)C(=Cc1cc([N+](=O)[O-])ccc1Cl)C(=O)CCCCCCCCCCBr. The predicted octanol–water partition coefficient (Wildman–Crippen LogP) is 6.70. The molecule has 0 amide bonds. The highest BCUT2D eigenvalue weighted by Gasteiger charge is 2.16. The first kappa shape index (κ1) is 24.5. The summed E-state index contributed by atoms with van der Waals surface area (Å²) in [5.74, 6) is -0.605. The summed E-state index contributed by atoms with van der Waals surface area (Å²) in [4.78, 5) is 34.8. The molecule has 0 aliphatic rings. The van der Waals surface area contributed by atoms with Crippen LogP contribution in [-0.2, 0) is 9.59 Å². The fourth-order valence-corrected chi connectivity index (χ4v) is 3.43. The number of allylic oxidation sites excluding steroid dienone is 1. The average Bonchev–Trinajstić information content (AvgIpc) is 2.65. The van der Waals surface area contributed by atoms with Crippen LogP contribution in [0.25, 0.3) is 6.08 Å². The second-order valence-electron chi connectivity index (χ2n) is 6.77. The molecule has 0 bridgehead atoms. The van der Waals surface area contributed by atoms with Crippen LogP contribution >= 0.6 is 27.5 Å². The molecule has 0 heterocycles. The van der Waals surface area contributed by atoms with Crippen LogP contribution in [0, 0.1) is 10.1 Å². The van der Waals surface area contributed by atoms with Gasteiger partial charge in [-0.05, 0) is 31.9 Å². The number of nitro groups is 1. The highest BCUT2D eigenvalue weighted by atomic mass is 79.9. The number of rotatable bonds is 14. The maximum Gasteiger partial charge on any atom is 0.270 e. The van der Waals surface area contributed by atoms with E-state index >= 15 is 0 Å². The Hall–Kier alpha value is -1.53. The van der Waals surface area contributed by atoms with E-state index in [4.69, 9.17) is 11.6 Å². The molecule has 7 heteroatoms. The molecule has 1 rings (SSSR count). The second kappa shape index (κ2) is 13.6. The lowest BCUT2D eigenvalue weighted by atomic mass is 9.98. The first-order chi connectivity index (χ1) is 13.4. The number of halogens is 2. The van der Waals surface area contributed by atoms with Crippen LogP contribution in [0.4, 0.5) is 5.69 Å². The molecule has 0 N–H and O–H groups in total. The lowest BCUT2D eigenvalue weighted by Gasteiger charge is -2.06. The summed E-state index contributed by atoms with van der Waals surface area (Å²) in [6.45, 7) is 1.32. The van der Waals surface area contributed by atoms with Crippen molar-refractivity contribution in [2.24, 2.45) is 0 Å². The maximum absolute atomic E-state index is 12.5. The number of non-ortho nitro benzene ring substituents is 1. The van der Waals surface area contributed by atoms with E-state index in [9.17, 15) is 19.7 Å². The summed E-state index contributed by atoms with van der Waals surface area (Å²) < 4.78 is 0. The number of hydrogen-bond donors (Lipinski definition) is 0. The van der Waals surface area contributed by atoms with Crippen LogP contribution in [0.15, 0.2) is 23.8 Å². The van der Waals surface area contributed by atoms with E-state index in [0.29, 0.717) is 12.0 Å². The summed E-state index contributed by atoms with van der Waals surface area (Å²) in [7, 11) is 0. The van der Waals surface area contributed by atoms with Gasteiger partial charge in [0.2, 0.25) is 0 Å². The largest absolute Gasteiger partial charge is 0.294 e. The fourth-order valence-electron chi connectivity index (χ4n) is 2.86. The third kappa shape index (κ3) is 9.11. The zero-order valence-corrected chi connectivity index (χ0v) is 18.6. The zero-order valence-electron chi connectivity index (χ0n) is 16.2. The number of carbonyl (C=O) groups excluding carboxylic acids is 2. The highest BCUT2D eigenvalue weighted by Crippen LogP contribution is 2.25. The number of alkyl halides is 1. The summed E-state index contributed by atoms with van der Waals surface area (Å²) in [5, 5.41) is 12.2. The molecule has 0 radical (unpaired) electrons. The average molecular weight is 473 g/mol. The molecule has 0 fully saturated rings. The Morgan fingerprint density at radius 2 is 1.64 bits per heavy atom. The standard InChI is InChI=1S/C21H27BrClNO4/c1-16(25)19(15-17-14-18(24(27)28)11-12-20(17)23)21(26)10-8-6-4-2-3-5-7-9-13-22/h11-12,14-15H,2-10,13H2,1H3. The molecule has 154 valence electrons. The van der Waals surface area contributed by atoms with E-state index in [-0.39, 0.29) is 27.8 Å². The van der Waals surface area contributed by atoms with Gasteiger partial charge >= 0.3 is 0 Å². The van der Waals surface area contributed by atoms with Crippen molar-refractivity contribution >= 4 is 50.9 Å². The molecule has 0 unspecified atom stereocenters. The van der Waals surface area contributed by atoms with Crippen LogP contribution in [0.5, 0.6) is 0 Å². The van der Waals surface area contributed by atoms with Gasteiger partial charge < -0.3 is 0 Å². The Labute approximate surface area is 179 Å². The number of Topliss-reactive ketones (excluding diaryl/α,β-unsaturated/α-hetero) is 2. The van der Waals surface area contributed by atoms with Crippen molar-refractivity contribution in [3.05, 3.63) is 44.5 Å². The van der Waals surface area contributed by atoms with Crippen LogP contribution in [0.2, 0.25) is 5.02 Å². The lowest BCUT2D eigenvalue weighted by Crippen LogP contribution is -2.10. The van der Waals surface area contributed by atoms with Crippen LogP contribution in [-0.4, -0.2) is 21.8 Å². The van der Waals surface area contributed by atoms with Crippen molar-refractivity contribution in [2.75, 3.05) is 5.33 Å². The van der Waals surface area contributed by atoms with E-state index in [2.05, 4.69) is 15.9 Å². The summed E-state index contributed by atoms with van der Waals surface area (Å²) in [5.41, 5.74) is 0.206. The molecule has 1 aromatic carbocycles. The van der Waals surface area contributed by atoms with Crippen molar-refractivity contribution in [3.63, 3.8) is 0 Å². The molecule has 0 atom stereocenters. The number of ketones is 2. The third-order valence-corrected chi connectivity index (χ3v) is 5.36. The molecular formula is C21H27BrClNO4. The van der Waals surface area contributed by atoms with Gasteiger partial charge in [0.1, 0.15) is 0 Å². The number of benzene rings is 1. The minimum absolute atomic E-state index is 0.0390. The number of carbonyl (C=O) groups is 2. The number of nitrogens with zero attached hydrogens (tertiary/aromatic N) is 1. The van der Waals surface area contributed by atoms with E-state index in [1.165, 1.54) is 56.9 Å². The number of unbranched alkanes of at least 4 members (excludes halogenated alkanes) is 7. The molecule has 0 spiro atoms. The van der Waals surface area contributed by atoms with Gasteiger partial charge in [-0.2, -0.15) is 0 Å².